The van der Waals surface area contributed by atoms with Crippen molar-refractivity contribution in [3.05, 3.63) is 63.6 Å². The minimum atomic E-state index is -0.477. The number of halogens is 3. The van der Waals surface area contributed by atoms with E-state index in [0.29, 0.717) is 15.6 Å². The van der Waals surface area contributed by atoms with Gasteiger partial charge in [0.15, 0.2) is 11.6 Å². The zero-order valence-corrected chi connectivity index (χ0v) is 12.5. The summed E-state index contributed by atoms with van der Waals surface area (Å²) in [7, 11) is 0. The second-order valence-corrected chi connectivity index (χ2v) is 5.46. The number of rotatable bonds is 4. The lowest BCUT2D eigenvalue weighted by Gasteiger charge is -2.11. The van der Waals surface area contributed by atoms with Gasteiger partial charge in [0.2, 0.25) is 0 Å². The molecule has 20 heavy (non-hydrogen) atoms. The van der Waals surface area contributed by atoms with Gasteiger partial charge in [-0.2, -0.15) is 0 Å². The molecule has 2 N–H and O–H groups in total. The van der Waals surface area contributed by atoms with Gasteiger partial charge in [0.05, 0.1) is 0 Å². The Morgan fingerprint density at radius 1 is 1.20 bits per heavy atom. The van der Waals surface area contributed by atoms with Gasteiger partial charge in [-0.3, -0.25) is 0 Å². The average molecular weight is 342 g/mol. The first-order chi connectivity index (χ1) is 9.45. The molecule has 1 atom stereocenters. The molecule has 0 saturated carbocycles. The third kappa shape index (κ3) is 3.77. The molecule has 0 aliphatic heterocycles. The van der Waals surface area contributed by atoms with Crippen LogP contribution in [-0.4, -0.2) is 0 Å². The van der Waals surface area contributed by atoms with Crippen molar-refractivity contribution in [1.29, 1.82) is 0 Å². The summed E-state index contributed by atoms with van der Waals surface area (Å²) < 4.78 is 33.0. The number of hydrogen-bond acceptors (Lipinski definition) is 2. The van der Waals surface area contributed by atoms with Crippen molar-refractivity contribution in [2.24, 2.45) is 5.73 Å². The second kappa shape index (κ2) is 6.33. The Balaban J connectivity index is 2.11. The topological polar surface area (TPSA) is 35.2 Å². The fraction of sp³-hybridized carbons (Fsp3) is 0.200. The minimum absolute atomic E-state index is 0.0881. The molecular formula is C15H14BrF2NO. The van der Waals surface area contributed by atoms with Gasteiger partial charge < -0.3 is 10.5 Å². The van der Waals surface area contributed by atoms with Gasteiger partial charge in [-0.05, 0) is 48.4 Å². The largest absolute Gasteiger partial charge is 0.486 e. The van der Waals surface area contributed by atoms with E-state index in [4.69, 9.17) is 10.5 Å². The first-order valence-electron chi connectivity index (χ1n) is 6.08. The summed E-state index contributed by atoms with van der Waals surface area (Å²) >= 11 is 3.20. The molecule has 0 radical (unpaired) electrons. The SMILES string of the molecule is C[C@H](N)c1ccc(OCc2cc(F)cc(Br)c2)c(F)c1. The fourth-order valence-electron chi connectivity index (χ4n) is 1.77. The molecule has 0 fully saturated rings. The van der Waals surface area contributed by atoms with E-state index in [9.17, 15) is 8.78 Å². The van der Waals surface area contributed by atoms with Gasteiger partial charge in [0.25, 0.3) is 0 Å². The zero-order chi connectivity index (χ0) is 14.7. The van der Waals surface area contributed by atoms with Gasteiger partial charge >= 0.3 is 0 Å². The normalized spacial score (nSPS) is 12.2. The number of nitrogens with two attached hydrogens (primary N) is 1. The summed E-state index contributed by atoms with van der Waals surface area (Å²) in [5.74, 6) is -0.726. The summed E-state index contributed by atoms with van der Waals surface area (Å²) in [4.78, 5) is 0. The average Bonchev–Trinajstić information content (AvgIpc) is 2.36. The molecule has 0 bridgehead atoms. The lowest BCUT2D eigenvalue weighted by Crippen LogP contribution is -2.06. The number of benzene rings is 2. The highest BCUT2D eigenvalue weighted by molar-refractivity contribution is 9.10. The predicted octanol–water partition coefficient (Wildman–Crippen LogP) is 4.33. The fourth-order valence-corrected chi connectivity index (χ4v) is 2.29. The van der Waals surface area contributed by atoms with Crippen LogP contribution < -0.4 is 10.5 Å². The molecule has 0 amide bonds. The Labute approximate surface area is 124 Å². The summed E-state index contributed by atoms with van der Waals surface area (Å²) in [6.07, 6.45) is 0. The smallest absolute Gasteiger partial charge is 0.165 e. The first-order valence-corrected chi connectivity index (χ1v) is 6.88. The molecule has 2 aromatic rings. The van der Waals surface area contributed by atoms with Crippen LogP contribution in [0.25, 0.3) is 0 Å². The molecule has 0 heterocycles. The summed E-state index contributed by atoms with van der Waals surface area (Å²) in [5.41, 5.74) is 6.99. The number of hydrogen-bond donors (Lipinski definition) is 1. The van der Waals surface area contributed by atoms with Crippen molar-refractivity contribution in [2.75, 3.05) is 0 Å². The van der Waals surface area contributed by atoms with Crippen LogP contribution >= 0.6 is 15.9 Å². The van der Waals surface area contributed by atoms with Gasteiger partial charge in [-0.1, -0.05) is 22.0 Å². The van der Waals surface area contributed by atoms with E-state index in [0.717, 1.165) is 0 Å². The van der Waals surface area contributed by atoms with E-state index in [1.807, 2.05) is 0 Å². The van der Waals surface area contributed by atoms with Crippen molar-refractivity contribution in [3.63, 3.8) is 0 Å². The molecule has 0 saturated heterocycles. The maximum atomic E-state index is 13.8. The lowest BCUT2D eigenvalue weighted by molar-refractivity contribution is 0.289. The molecule has 106 valence electrons. The zero-order valence-electron chi connectivity index (χ0n) is 10.9. The molecule has 0 spiro atoms. The van der Waals surface area contributed by atoms with Crippen molar-refractivity contribution in [2.45, 2.75) is 19.6 Å². The van der Waals surface area contributed by atoms with E-state index < -0.39 is 5.82 Å². The van der Waals surface area contributed by atoms with E-state index in [1.165, 1.54) is 24.3 Å². The van der Waals surface area contributed by atoms with Crippen LogP contribution in [0.4, 0.5) is 8.78 Å². The number of ether oxygens (including phenoxy) is 1. The van der Waals surface area contributed by atoms with Crippen LogP contribution in [0.15, 0.2) is 40.9 Å². The summed E-state index contributed by atoms with van der Waals surface area (Å²) in [6, 6.07) is 8.77. The quantitative estimate of drug-likeness (QED) is 0.898. The van der Waals surface area contributed by atoms with Gasteiger partial charge in [-0.25, -0.2) is 8.78 Å². The van der Waals surface area contributed by atoms with Crippen LogP contribution in [0, 0.1) is 11.6 Å². The molecule has 2 nitrogen and oxygen atoms in total. The van der Waals surface area contributed by atoms with Gasteiger partial charge in [0.1, 0.15) is 12.4 Å². The molecule has 0 unspecified atom stereocenters. The molecule has 0 aliphatic rings. The van der Waals surface area contributed by atoms with Crippen LogP contribution in [-0.2, 0) is 6.61 Å². The Hall–Kier alpha value is -1.46. The molecule has 0 aromatic heterocycles. The Morgan fingerprint density at radius 3 is 2.55 bits per heavy atom. The van der Waals surface area contributed by atoms with Crippen LogP contribution in [0.2, 0.25) is 0 Å². The first kappa shape index (κ1) is 14.9. The minimum Gasteiger partial charge on any atom is -0.486 e. The van der Waals surface area contributed by atoms with Crippen LogP contribution in [0.1, 0.15) is 24.1 Å². The van der Waals surface area contributed by atoms with Crippen molar-refractivity contribution < 1.29 is 13.5 Å². The van der Waals surface area contributed by atoms with E-state index >= 15 is 0 Å². The van der Waals surface area contributed by atoms with Gasteiger partial charge in [0, 0.05) is 10.5 Å². The van der Waals surface area contributed by atoms with E-state index in [-0.39, 0.29) is 24.2 Å². The highest BCUT2D eigenvalue weighted by atomic mass is 79.9. The van der Waals surface area contributed by atoms with Gasteiger partial charge in [-0.15, -0.1) is 0 Å². The van der Waals surface area contributed by atoms with E-state index in [2.05, 4.69) is 15.9 Å². The third-order valence-electron chi connectivity index (χ3n) is 2.80. The summed E-state index contributed by atoms with van der Waals surface area (Å²) in [6.45, 7) is 1.87. The Morgan fingerprint density at radius 2 is 1.95 bits per heavy atom. The predicted molar refractivity (Wildman–Crippen MR) is 77.4 cm³/mol. The van der Waals surface area contributed by atoms with E-state index in [1.54, 1.807) is 19.1 Å². The van der Waals surface area contributed by atoms with Crippen LogP contribution in [0.5, 0.6) is 5.75 Å². The standard InChI is InChI=1S/C15H14BrF2NO/c1-9(19)11-2-3-15(14(18)6-11)20-8-10-4-12(16)7-13(17)5-10/h2-7,9H,8,19H2,1H3/t9-/m0/s1. The molecule has 2 aromatic carbocycles. The van der Waals surface area contributed by atoms with Crippen molar-refractivity contribution in [3.8, 4) is 5.75 Å². The molecular weight excluding hydrogens is 328 g/mol. The Bertz CT molecular complexity index is 597. The monoisotopic (exact) mass is 341 g/mol. The molecule has 0 aliphatic carbocycles. The molecule has 5 heteroatoms. The third-order valence-corrected chi connectivity index (χ3v) is 3.26. The van der Waals surface area contributed by atoms with Crippen molar-refractivity contribution >= 4 is 15.9 Å². The van der Waals surface area contributed by atoms with Crippen molar-refractivity contribution in [1.82, 2.24) is 0 Å². The van der Waals surface area contributed by atoms with Crippen LogP contribution in [0.3, 0.4) is 0 Å². The highest BCUT2D eigenvalue weighted by Crippen LogP contribution is 2.23. The second-order valence-electron chi connectivity index (χ2n) is 4.54. The maximum absolute atomic E-state index is 13.8. The highest BCUT2D eigenvalue weighted by Gasteiger charge is 2.08. The maximum Gasteiger partial charge on any atom is 0.165 e. The molecule has 2 rings (SSSR count). The lowest BCUT2D eigenvalue weighted by atomic mass is 10.1. The summed E-state index contributed by atoms with van der Waals surface area (Å²) in [5, 5.41) is 0. The Kier molecular flexibility index (Phi) is 4.73.